The molecule has 0 aliphatic heterocycles. The van der Waals surface area contributed by atoms with Crippen LogP contribution < -0.4 is 5.32 Å². The maximum atomic E-state index is 11.6. The van der Waals surface area contributed by atoms with Crippen molar-refractivity contribution in [1.82, 2.24) is 14.4 Å². The van der Waals surface area contributed by atoms with Crippen LogP contribution in [0.3, 0.4) is 0 Å². The van der Waals surface area contributed by atoms with Crippen molar-refractivity contribution in [2.45, 2.75) is 13.8 Å². The van der Waals surface area contributed by atoms with Crippen molar-refractivity contribution in [3.63, 3.8) is 0 Å². The minimum Gasteiger partial charge on any atom is -0.370 e. The number of imidazole rings is 1. The van der Waals surface area contributed by atoms with Gasteiger partial charge in [-0.1, -0.05) is 6.07 Å². The van der Waals surface area contributed by atoms with Crippen molar-refractivity contribution in [2.75, 3.05) is 12.4 Å². The lowest BCUT2D eigenvalue weighted by molar-refractivity contribution is 0.101. The smallest absolute Gasteiger partial charge is 0.181 e. The number of rotatable bonds is 2. The molecule has 0 unspecified atom stereocenters. The Morgan fingerprint density at radius 3 is 2.79 bits per heavy atom. The van der Waals surface area contributed by atoms with Gasteiger partial charge < -0.3 is 5.32 Å². The summed E-state index contributed by atoms with van der Waals surface area (Å²) in [5.41, 5.74) is 4.19. The van der Waals surface area contributed by atoms with E-state index in [2.05, 4.69) is 21.4 Å². The van der Waals surface area contributed by atoms with Gasteiger partial charge in [0.1, 0.15) is 5.69 Å². The van der Waals surface area contributed by atoms with Crippen LogP contribution in [0.1, 0.15) is 23.0 Å². The Morgan fingerprint density at radius 1 is 1.32 bits per heavy atom. The van der Waals surface area contributed by atoms with Gasteiger partial charge in [0.15, 0.2) is 17.2 Å². The molecule has 1 aromatic carbocycles. The van der Waals surface area contributed by atoms with Gasteiger partial charge in [-0.2, -0.15) is 0 Å². The quantitative estimate of drug-likeness (QED) is 0.713. The number of nitrogens with zero attached hydrogens (tertiary/aromatic N) is 3. The van der Waals surface area contributed by atoms with E-state index in [0.29, 0.717) is 11.5 Å². The molecule has 0 radical (unpaired) electrons. The first-order valence-electron chi connectivity index (χ1n) is 6.08. The summed E-state index contributed by atoms with van der Waals surface area (Å²) in [6, 6.07) is 6.05. The number of benzene rings is 1. The Kier molecular flexibility index (Phi) is 2.48. The standard InChI is InChI=1S/C14H14N4O/c1-8-4-5-10-12(6-8)18-7-11(9(2)19)16-13(15-3)14(18)17-10/h4-7H,1-3H3,(H,15,16). The average Bonchev–Trinajstić information content (AvgIpc) is 2.75. The van der Waals surface area contributed by atoms with Crippen LogP contribution in [0.2, 0.25) is 0 Å². The Balaban J connectivity index is 2.48. The molecule has 3 aromatic rings. The number of aryl methyl sites for hydroxylation is 1. The topological polar surface area (TPSA) is 59.3 Å². The van der Waals surface area contributed by atoms with Gasteiger partial charge in [-0.25, -0.2) is 9.97 Å². The van der Waals surface area contributed by atoms with Gasteiger partial charge in [0.25, 0.3) is 0 Å². The van der Waals surface area contributed by atoms with E-state index >= 15 is 0 Å². The van der Waals surface area contributed by atoms with E-state index in [-0.39, 0.29) is 5.78 Å². The largest absolute Gasteiger partial charge is 0.370 e. The first-order valence-corrected chi connectivity index (χ1v) is 6.08. The lowest BCUT2D eigenvalue weighted by Gasteiger charge is -2.05. The summed E-state index contributed by atoms with van der Waals surface area (Å²) in [5, 5.41) is 2.99. The Morgan fingerprint density at radius 2 is 2.11 bits per heavy atom. The summed E-state index contributed by atoms with van der Waals surface area (Å²) in [6.07, 6.45) is 1.74. The molecule has 0 aliphatic rings. The fraction of sp³-hybridized carbons (Fsp3) is 0.214. The third kappa shape index (κ3) is 1.74. The number of hydrogen-bond donors (Lipinski definition) is 1. The zero-order chi connectivity index (χ0) is 13.6. The van der Waals surface area contributed by atoms with Gasteiger partial charge in [-0.05, 0) is 24.6 Å². The highest BCUT2D eigenvalue weighted by Gasteiger charge is 2.13. The van der Waals surface area contributed by atoms with Crippen molar-refractivity contribution in [3.05, 3.63) is 35.7 Å². The van der Waals surface area contributed by atoms with E-state index in [1.54, 1.807) is 13.2 Å². The molecule has 0 spiro atoms. The van der Waals surface area contributed by atoms with E-state index < -0.39 is 0 Å². The fourth-order valence-electron chi connectivity index (χ4n) is 2.16. The maximum absolute atomic E-state index is 11.6. The molecule has 0 saturated heterocycles. The monoisotopic (exact) mass is 254 g/mol. The van der Waals surface area contributed by atoms with Crippen LogP contribution in [0.4, 0.5) is 5.82 Å². The van der Waals surface area contributed by atoms with Crippen molar-refractivity contribution < 1.29 is 4.79 Å². The highest BCUT2D eigenvalue weighted by atomic mass is 16.1. The highest BCUT2D eigenvalue weighted by Crippen LogP contribution is 2.22. The summed E-state index contributed by atoms with van der Waals surface area (Å²) in [4.78, 5) is 20.4. The number of nitrogens with one attached hydrogen (secondary N) is 1. The molecule has 0 fully saturated rings. The summed E-state index contributed by atoms with van der Waals surface area (Å²) >= 11 is 0. The fourth-order valence-corrected chi connectivity index (χ4v) is 2.16. The molecule has 0 saturated carbocycles. The minimum atomic E-state index is -0.0621. The van der Waals surface area contributed by atoms with Crippen LogP contribution in [0, 0.1) is 6.92 Å². The second-order valence-electron chi connectivity index (χ2n) is 4.58. The van der Waals surface area contributed by atoms with E-state index in [0.717, 1.165) is 22.2 Å². The van der Waals surface area contributed by atoms with Crippen molar-refractivity contribution >= 4 is 28.3 Å². The van der Waals surface area contributed by atoms with Crippen LogP contribution >= 0.6 is 0 Å². The lowest BCUT2D eigenvalue weighted by atomic mass is 10.2. The summed E-state index contributed by atoms with van der Waals surface area (Å²) < 4.78 is 1.91. The first-order chi connectivity index (χ1) is 9.10. The number of anilines is 1. The van der Waals surface area contributed by atoms with Crippen molar-refractivity contribution in [1.29, 1.82) is 0 Å². The average molecular weight is 254 g/mol. The number of Topliss-reactive ketones (excluding diaryl/α,β-unsaturated/α-hetero) is 1. The Bertz CT molecular complexity index is 804. The number of ketones is 1. The highest BCUT2D eigenvalue weighted by molar-refractivity contribution is 5.94. The molecule has 1 N–H and O–H groups in total. The number of hydrogen-bond acceptors (Lipinski definition) is 4. The Labute approximate surface area is 110 Å². The molecular weight excluding hydrogens is 240 g/mol. The van der Waals surface area contributed by atoms with Gasteiger partial charge in [-0.3, -0.25) is 9.20 Å². The molecule has 5 nitrogen and oxygen atoms in total. The summed E-state index contributed by atoms with van der Waals surface area (Å²) in [7, 11) is 1.77. The Hall–Kier alpha value is -2.43. The second-order valence-corrected chi connectivity index (χ2v) is 4.58. The van der Waals surface area contributed by atoms with Crippen LogP contribution in [0.15, 0.2) is 24.4 Å². The summed E-state index contributed by atoms with van der Waals surface area (Å²) in [6.45, 7) is 3.54. The number of aromatic nitrogens is 3. The molecule has 0 bridgehead atoms. The van der Waals surface area contributed by atoms with Gasteiger partial charge >= 0.3 is 0 Å². The molecule has 5 heteroatoms. The third-order valence-electron chi connectivity index (χ3n) is 3.14. The predicted molar refractivity (Wildman–Crippen MR) is 74.8 cm³/mol. The summed E-state index contributed by atoms with van der Waals surface area (Å²) in [5.74, 6) is 0.550. The van der Waals surface area contributed by atoms with Gasteiger partial charge in [0.2, 0.25) is 0 Å². The zero-order valence-corrected chi connectivity index (χ0v) is 11.1. The molecule has 19 heavy (non-hydrogen) atoms. The van der Waals surface area contributed by atoms with Gasteiger partial charge in [0.05, 0.1) is 11.0 Å². The number of fused-ring (bicyclic) bond motifs is 3. The van der Waals surface area contributed by atoms with Crippen LogP contribution in [-0.2, 0) is 0 Å². The van der Waals surface area contributed by atoms with E-state index in [1.807, 2.05) is 23.5 Å². The van der Waals surface area contributed by atoms with Gasteiger partial charge in [-0.15, -0.1) is 0 Å². The van der Waals surface area contributed by atoms with Crippen LogP contribution in [-0.4, -0.2) is 27.2 Å². The molecule has 0 aliphatic carbocycles. The third-order valence-corrected chi connectivity index (χ3v) is 3.14. The second kappa shape index (κ2) is 4.05. The molecule has 2 aromatic heterocycles. The van der Waals surface area contributed by atoms with Crippen LogP contribution in [0.25, 0.3) is 16.7 Å². The maximum Gasteiger partial charge on any atom is 0.181 e. The van der Waals surface area contributed by atoms with Gasteiger partial charge in [0, 0.05) is 20.2 Å². The molecule has 96 valence electrons. The van der Waals surface area contributed by atoms with E-state index in [1.165, 1.54) is 6.92 Å². The zero-order valence-electron chi connectivity index (χ0n) is 11.1. The predicted octanol–water partition coefficient (Wildman–Crippen LogP) is 2.44. The van der Waals surface area contributed by atoms with E-state index in [9.17, 15) is 4.79 Å². The van der Waals surface area contributed by atoms with E-state index in [4.69, 9.17) is 0 Å². The number of carbonyl (C=O) groups excluding carboxylic acids is 1. The van der Waals surface area contributed by atoms with Crippen LogP contribution in [0.5, 0.6) is 0 Å². The SMILES string of the molecule is CNc1nc(C(C)=O)cn2c1nc1ccc(C)cc12. The molecular formula is C14H14N4O. The lowest BCUT2D eigenvalue weighted by Crippen LogP contribution is -2.05. The molecule has 2 heterocycles. The van der Waals surface area contributed by atoms with Crippen molar-refractivity contribution in [2.24, 2.45) is 0 Å². The molecule has 0 atom stereocenters. The minimum absolute atomic E-state index is 0.0621. The van der Waals surface area contributed by atoms with Crippen molar-refractivity contribution in [3.8, 4) is 0 Å². The molecule has 0 amide bonds. The first kappa shape index (κ1) is 11.6. The molecule has 3 rings (SSSR count). The number of carbonyl (C=O) groups is 1. The normalized spacial score (nSPS) is 11.1.